The third kappa shape index (κ3) is 8.42. The molecule has 0 aromatic carbocycles. The van der Waals surface area contributed by atoms with Crippen molar-refractivity contribution in [3.05, 3.63) is 0 Å². The first kappa shape index (κ1) is 15.1. The molecule has 0 N–H and O–H groups in total. The van der Waals surface area contributed by atoms with Crippen molar-refractivity contribution < 1.29 is 13.6 Å². The normalized spacial score (nSPS) is 17.7. The minimum Gasteiger partial charge on any atom is -0.296 e. The first-order chi connectivity index (χ1) is 6.60. The molecule has 0 rings (SSSR count). The molecule has 14 heavy (non-hydrogen) atoms. The SMILES string of the molecule is CCCC(Br)O[PH](=O)OC(Br)CCC. The lowest BCUT2D eigenvalue weighted by molar-refractivity contribution is 0.197. The van der Waals surface area contributed by atoms with E-state index in [1.807, 2.05) is 13.8 Å². The van der Waals surface area contributed by atoms with Crippen molar-refractivity contribution >= 4 is 40.1 Å². The lowest BCUT2D eigenvalue weighted by atomic mass is 10.4. The molecule has 0 saturated carbocycles. The number of halogens is 2. The summed E-state index contributed by atoms with van der Waals surface area (Å²) in [5.41, 5.74) is 0. The second-order valence-electron chi connectivity index (χ2n) is 2.88. The highest BCUT2D eigenvalue weighted by Gasteiger charge is 2.12. The Hall–Kier alpha value is 1.11. The maximum absolute atomic E-state index is 11.3. The van der Waals surface area contributed by atoms with E-state index in [0.29, 0.717) is 0 Å². The molecule has 0 aromatic heterocycles. The summed E-state index contributed by atoms with van der Waals surface area (Å²) < 4.78 is 21.5. The maximum Gasteiger partial charge on any atom is 0.321 e. The molecule has 0 bridgehead atoms. The van der Waals surface area contributed by atoms with Gasteiger partial charge in [-0.05, 0) is 12.8 Å². The molecule has 6 heteroatoms. The molecule has 2 unspecified atom stereocenters. The molecule has 0 aromatic rings. The zero-order chi connectivity index (χ0) is 11.0. The third-order valence-corrected chi connectivity index (χ3v) is 4.41. The van der Waals surface area contributed by atoms with Crippen molar-refractivity contribution in [1.82, 2.24) is 0 Å². The third-order valence-electron chi connectivity index (χ3n) is 1.48. The molecule has 0 amide bonds. The van der Waals surface area contributed by atoms with Gasteiger partial charge < -0.3 is 0 Å². The van der Waals surface area contributed by atoms with Gasteiger partial charge in [0.1, 0.15) is 10.0 Å². The zero-order valence-electron chi connectivity index (χ0n) is 8.46. The van der Waals surface area contributed by atoms with Crippen LogP contribution in [0.15, 0.2) is 0 Å². The van der Waals surface area contributed by atoms with Crippen molar-refractivity contribution in [3.8, 4) is 0 Å². The summed E-state index contributed by atoms with van der Waals surface area (Å²) in [4.78, 5) is 0. The van der Waals surface area contributed by atoms with Crippen molar-refractivity contribution in [1.29, 1.82) is 0 Å². The highest BCUT2D eigenvalue weighted by atomic mass is 79.9. The Bertz CT molecular complexity index is 153. The molecule has 0 aliphatic heterocycles. The first-order valence-corrected chi connectivity index (χ1v) is 7.81. The average Bonchev–Trinajstić information content (AvgIpc) is 2.03. The Morgan fingerprint density at radius 3 is 1.71 bits per heavy atom. The van der Waals surface area contributed by atoms with Gasteiger partial charge in [-0.3, -0.25) is 13.6 Å². The minimum absolute atomic E-state index is 0.166. The predicted octanol–water partition coefficient (Wildman–Crippen LogP) is 4.45. The Morgan fingerprint density at radius 2 is 1.43 bits per heavy atom. The number of hydrogen-bond acceptors (Lipinski definition) is 3. The zero-order valence-corrected chi connectivity index (χ0v) is 12.6. The van der Waals surface area contributed by atoms with Crippen molar-refractivity contribution in [3.63, 3.8) is 0 Å². The molecule has 2 atom stereocenters. The Labute approximate surface area is 103 Å². The Balaban J connectivity index is 3.63. The molecule has 0 aliphatic rings. The fourth-order valence-corrected chi connectivity index (χ4v) is 3.35. The maximum atomic E-state index is 11.3. The summed E-state index contributed by atoms with van der Waals surface area (Å²) in [5, 5.41) is -0.333. The van der Waals surface area contributed by atoms with Crippen LogP contribution in [0.2, 0.25) is 0 Å². The van der Waals surface area contributed by atoms with E-state index >= 15 is 0 Å². The Kier molecular flexibility index (Phi) is 10.1. The van der Waals surface area contributed by atoms with Gasteiger partial charge in [-0.25, -0.2) is 0 Å². The Morgan fingerprint density at radius 1 is 1.07 bits per heavy atom. The van der Waals surface area contributed by atoms with E-state index in [9.17, 15) is 4.57 Å². The summed E-state index contributed by atoms with van der Waals surface area (Å²) in [5.74, 6) is 0. The lowest BCUT2D eigenvalue weighted by Gasteiger charge is -2.13. The number of alkyl halides is 2. The second kappa shape index (κ2) is 9.34. The van der Waals surface area contributed by atoms with Gasteiger partial charge in [0.2, 0.25) is 0 Å². The molecule has 0 heterocycles. The quantitative estimate of drug-likeness (QED) is 0.478. The predicted molar refractivity (Wildman–Crippen MR) is 66.4 cm³/mol. The van der Waals surface area contributed by atoms with Gasteiger partial charge in [0.25, 0.3) is 0 Å². The summed E-state index contributed by atoms with van der Waals surface area (Å²) in [6.45, 7) is 4.08. The summed E-state index contributed by atoms with van der Waals surface area (Å²) in [6.07, 6.45) is 3.64. The van der Waals surface area contributed by atoms with E-state index in [2.05, 4.69) is 31.9 Å². The molecular weight excluding hydrogens is 335 g/mol. The average molecular weight is 352 g/mol. The molecule has 3 nitrogen and oxygen atoms in total. The van der Waals surface area contributed by atoms with Crippen LogP contribution in [0.4, 0.5) is 0 Å². The van der Waals surface area contributed by atoms with Crippen LogP contribution in [-0.4, -0.2) is 10.0 Å². The summed E-state index contributed by atoms with van der Waals surface area (Å²) in [6, 6.07) is 0. The van der Waals surface area contributed by atoms with Gasteiger partial charge in [0, 0.05) is 0 Å². The fourth-order valence-electron chi connectivity index (χ4n) is 0.808. The van der Waals surface area contributed by atoms with Gasteiger partial charge in [0.15, 0.2) is 0 Å². The van der Waals surface area contributed by atoms with Crippen LogP contribution in [0.5, 0.6) is 0 Å². The van der Waals surface area contributed by atoms with Gasteiger partial charge in [-0.2, -0.15) is 0 Å². The monoisotopic (exact) mass is 350 g/mol. The smallest absolute Gasteiger partial charge is 0.296 e. The van der Waals surface area contributed by atoms with Gasteiger partial charge >= 0.3 is 8.25 Å². The van der Waals surface area contributed by atoms with Crippen LogP contribution in [0.3, 0.4) is 0 Å². The highest BCUT2D eigenvalue weighted by Crippen LogP contribution is 2.33. The van der Waals surface area contributed by atoms with Gasteiger partial charge in [-0.15, -0.1) is 0 Å². The number of hydrogen-bond donors (Lipinski definition) is 0. The van der Waals surface area contributed by atoms with Crippen molar-refractivity contribution in [2.24, 2.45) is 0 Å². The van der Waals surface area contributed by atoms with Crippen LogP contribution in [0.25, 0.3) is 0 Å². The molecule has 0 spiro atoms. The molecule has 0 radical (unpaired) electrons. The second-order valence-corrected chi connectivity index (χ2v) is 5.90. The summed E-state index contributed by atoms with van der Waals surface area (Å²) >= 11 is 6.55. The molecular formula is C8H17Br2O3P. The first-order valence-electron chi connectivity index (χ1n) is 4.75. The standard InChI is InChI=1S/C8H17Br2O3P/c1-3-5-7(9)12-14(11)13-8(10)6-4-2/h7-8,14H,3-6H2,1-2H3. The van der Waals surface area contributed by atoms with Crippen LogP contribution >= 0.6 is 40.1 Å². The van der Waals surface area contributed by atoms with Gasteiger partial charge in [-0.1, -0.05) is 58.5 Å². The molecule has 0 aliphatic carbocycles. The van der Waals surface area contributed by atoms with E-state index < -0.39 is 8.25 Å². The van der Waals surface area contributed by atoms with E-state index in [1.54, 1.807) is 0 Å². The highest BCUT2D eigenvalue weighted by molar-refractivity contribution is 9.09. The van der Waals surface area contributed by atoms with Crippen molar-refractivity contribution in [2.45, 2.75) is 49.6 Å². The fraction of sp³-hybridized carbons (Fsp3) is 1.00. The lowest BCUT2D eigenvalue weighted by Crippen LogP contribution is -2.02. The molecule has 86 valence electrons. The van der Waals surface area contributed by atoms with E-state index in [0.717, 1.165) is 25.7 Å². The summed E-state index contributed by atoms with van der Waals surface area (Å²) in [7, 11) is -2.38. The molecule has 0 fully saturated rings. The van der Waals surface area contributed by atoms with E-state index in [1.165, 1.54) is 0 Å². The van der Waals surface area contributed by atoms with Gasteiger partial charge in [0.05, 0.1) is 0 Å². The largest absolute Gasteiger partial charge is 0.321 e. The van der Waals surface area contributed by atoms with E-state index in [-0.39, 0.29) is 10.0 Å². The van der Waals surface area contributed by atoms with Crippen molar-refractivity contribution in [2.75, 3.05) is 0 Å². The topological polar surface area (TPSA) is 35.5 Å². The van der Waals surface area contributed by atoms with Crippen LogP contribution < -0.4 is 0 Å². The van der Waals surface area contributed by atoms with E-state index in [4.69, 9.17) is 9.05 Å². The molecule has 0 saturated heterocycles. The minimum atomic E-state index is -2.38. The number of rotatable bonds is 8. The van der Waals surface area contributed by atoms with Crippen LogP contribution in [-0.2, 0) is 13.6 Å². The van der Waals surface area contributed by atoms with Crippen LogP contribution in [0.1, 0.15) is 39.5 Å². The van der Waals surface area contributed by atoms with Crippen LogP contribution in [0, 0.1) is 0 Å².